The van der Waals surface area contributed by atoms with E-state index in [1.54, 1.807) is 0 Å². The van der Waals surface area contributed by atoms with Gasteiger partial charge in [-0.05, 0) is 25.0 Å². The van der Waals surface area contributed by atoms with Crippen molar-refractivity contribution in [3.8, 4) is 0 Å². The molecule has 160 valence electrons. The molecular weight excluding hydrogens is 388 g/mol. The summed E-state index contributed by atoms with van der Waals surface area (Å²) in [5.74, 6) is 0. The van der Waals surface area contributed by atoms with E-state index in [4.69, 9.17) is 12.2 Å². The van der Waals surface area contributed by atoms with E-state index in [1.165, 1.54) is 51.4 Å². The third-order valence-electron chi connectivity index (χ3n) is 5.59. The van der Waals surface area contributed by atoms with Gasteiger partial charge < -0.3 is 5.32 Å². The SMILES string of the molecule is CCCCCCCCCCCC(NC(=S)c1ccccc1)n1nnc2ccccc21. The molecule has 1 N–H and O–H groups in total. The molecule has 1 aromatic heterocycles. The first kappa shape index (κ1) is 22.4. The molecule has 0 saturated carbocycles. The van der Waals surface area contributed by atoms with Gasteiger partial charge in [0.1, 0.15) is 16.7 Å². The van der Waals surface area contributed by atoms with Gasteiger partial charge in [-0.3, -0.25) is 0 Å². The van der Waals surface area contributed by atoms with Crippen molar-refractivity contribution in [1.82, 2.24) is 20.3 Å². The number of hydrogen-bond donors (Lipinski definition) is 1. The van der Waals surface area contributed by atoms with E-state index in [-0.39, 0.29) is 6.17 Å². The second-order valence-corrected chi connectivity index (χ2v) is 8.40. The number of hydrogen-bond acceptors (Lipinski definition) is 3. The van der Waals surface area contributed by atoms with Crippen LogP contribution in [0.25, 0.3) is 11.0 Å². The number of fused-ring (bicyclic) bond motifs is 1. The number of rotatable bonds is 13. The highest BCUT2D eigenvalue weighted by atomic mass is 32.1. The minimum atomic E-state index is 0.00894. The Morgan fingerprint density at radius 2 is 1.50 bits per heavy atom. The van der Waals surface area contributed by atoms with E-state index < -0.39 is 0 Å². The van der Waals surface area contributed by atoms with Crippen LogP contribution in [0.2, 0.25) is 0 Å². The van der Waals surface area contributed by atoms with Gasteiger partial charge in [-0.1, -0.05) is 118 Å². The van der Waals surface area contributed by atoms with Crippen LogP contribution in [-0.4, -0.2) is 20.0 Å². The summed E-state index contributed by atoms with van der Waals surface area (Å²) >= 11 is 5.69. The van der Waals surface area contributed by atoms with Crippen molar-refractivity contribution in [2.45, 2.75) is 77.3 Å². The van der Waals surface area contributed by atoms with E-state index in [0.717, 1.165) is 34.4 Å². The number of para-hydroxylation sites is 1. The topological polar surface area (TPSA) is 42.7 Å². The van der Waals surface area contributed by atoms with Crippen molar-refractivity contribution < 1.29 is 0 Å². The molecule has 3 rings (SSSR count). The summed E-state index contributed by atoms with van der Waals surface area (Å²) in [5.41, 5.74) is 3.00. The van der Waals surface area contributed by atoms with Gasteiger partial charge in [0.25, 0.3) is 0 Å². The van der Waals surface area contributed by atoms with Gasteiger partial charge in [0.05, 0.1) is 5.52 Å². The molecule has 2 aromatic carbocycles. The van der Waals surface area contributed by atoms with Crippen LogP contribution in [0, 0.1) is 0 Å². The number of aromatic nitrogens is 3. The summed E-state index contributed by atoms with van der Waals surface area (Å²) in [5, 5.41) is 12.3. The second kappa shape index (κ2) is 12.4. The molecule has 1 atom stereocenters. The Morgan fingerprint density at radius 1 is 0.867 bits per heavy atom. The molecule has 4 nitrogen and oxygen atoms in total. The monoisotopic (exact) mass is 422 g/mol. The van der Waals surface area contributed by atoms with E-state index in [2.05, 4.69) is 28.6 Å². The predicted octanol–water partition coefficient (Wildman–Crippen LogP) is 6.82. The molecular formula is C25H34N4S. The molecule has 0 radical (unpaired) electrons. The minimum absolute atomic E-state index is 0.00894. The zero-order valence-corrected chi connectivity index (χ0v) is 18.9. The molecule has 0 bridgehead atoms. The molecule has 3 aromatic rings. The molecule has 30 heavy (non-hydrogen) atoms. The zero-order chi connectivity index (χ0) is 21.0. The Bertz CT molecular complexity index is 890. The maximum absolute atomic E-state index is 5.69. The first-order valence-electron chi connectivity index (χ1n) is 11.5. The van der Waals surface area contributed by atoms with Gasteiger partial charge >= 0.3 is 0 Å². The third-order valence-corrected chi connectivity index (χ3v) is 5.94. The lowest BCUT2D eigenvalue weighted by Gasteiger charge is -2.21. The fourth-order valence-corrected chi connectivity index (χ4v) is 4.12. The van der Waals surface area contributed by atoms with Crippen LogP contribution in [0.5, 0.6) is 0 Å². The van der Waals surface area contributed by atoms with Crippen molar-refractivity contribution in [2.75, 3.05) is 0 Å². The lowest BCUT2D eigenvalue weighted by molar-refractivity contribution is 0.384. The molecule has 1 unspecified atom stereocenters. The Kier molecular flexibility index (Phi) is 9.29. The van der Waals surface area contributed by atoms with Gasteiger partial charge in [0.2, 0.25) is 0 Å². The highest BCUT2D eigenvalue weighted by Crippen LogP contribution is 2.20. The minimum Gasteiger partial charge on any atom is -0.354 e. The Morgan fingerprint density at radius 3 is 2.23 bits per heavy atom. The van der Waals surface area contributed by atoms with E-state index in [9.17, 15) is 0 Å². The quantitative estimate of drug-likeness (QED) is 0.242. The lowest BCUT2D eigenvalue weighted by Crippen LogP contribution is -2.32. The van der Waals surface area contributed by atoms with Gasteiger partial charge in [0.15, 0.2) is 0 Å². The summed E-state index contributed by atoms with van der Waals surface area (Å²) in [4.78, 5) is 0.760. The summed E-state index contributed by atoms with van der Waals surface area (Å²) in [7, 11) is 0. The van der Waals surface area contributed by atoms with Crippen LogP contribution >= 0.6 is 12.2 Å². The fraction of sp³-hybridized carbons (Fsp3) is 0.480. The van der Waals surface area contributed by atoms with Crippen molar-refractivity contribution in [1.29, 1.82) is 0 Å². The highest BCUT2D eigenvalue weighted by Gasteiger charge is 2.17. The number of nitrogens with zero attached hydrogens (tertiary/aromatic N) is 3. The maximum Gasteiger partial charge on any atom is 0.123 e. The Balaban J connectivity index is 1.57. The Hall–Kier alpha value is -2.27. The van der Waals surface area contributed by atoms with Crippen LogP contribution < -0.4 is 5.32 Å². The summed E-state index contributed by atoms with van der Waals surface area (Å²) in [6.45, 7) is 2.27. The average Bonchev–Trinajstić information content (AvgIpc) is 3.22. The molecule has 0 amide bonds. The molecule has 0 aliphatic rings. The first-order valence-corrected chi connectivity index (χ1v) is 11.9. The maximum atomic E-state index is 5.69. The third kappa shape index (κ3) is 6.63. The molecule has 0 aliphatic heterocycles. The van der Waals surface area contributed by atoms with Crippen molar-refractivity contribution in [2.24, 2.45) is 0 Å². The fourth-order valence-electron chi connectivity index (χ4n) is 3.85. The van der Waals surface area contributed by atoms with Gasteiger partial charge in [-0.2, -0.15) is 0 Å². The number of thiocarbonyl (C=S) groups is 1. The van der Waals surface area contributed by atoms with Crippen LogP contribution in [0.15, 0.2) is 54.6 Å². The van der Waals surface area contributed by atoms with Crippen LogP contribution in [-0.2, 0) is 0 Å². The average molecular weight is 423 g/mol. The Labute approximate surface area is 186 Å². The van der Waals surface area contributed by atoms with Crippen molar-refractivity contribution >= 4 is 28.2 Å². The molecule has 0 fully saturated rings. The molecule has 0 saturated heterocycles. The molecule has 0 aliphatic carbocycles. The van der Waals surface area contributed by atoms with E-state index >= 15 is 0 Å². The number of nitrogens with one attached hydrogen (secondary N) is 1. The zero-order valence-electron chi connectivity index (χ0n) is 18.1. The number of benzene rings is 2. The summed E-state index contributed by atoms with van der Waals surface area (Å²) in [6, 6.07) is 18.3. The highest BCUT2D eigenvalue weighted by molar-refractivity contribution is 7.80. The van der Waals surface area contributed by atoms with Gasteiger partial charge in [-0.15, -0.1) is 5.10 Å². The molecule has 5 heteroatoms. The van der Waals surface area contributed by atoms with Gasteiger partial charge in [0, 0.05) is 5.56 Å². The van der Waals surface area contributed by atoms with E-state index in [0.29, 0.717) is 0 Å². The number of unbranched alkanes of at least 4 members (excludes halogenated alkanes) is 8. The van der Waals surface area contributed by atoms with Gasteiger partial charge in [-0.25, -0.2) is 4.68 Å². The van der Waals surface area contributed by atoms with E-state index in [1.807, 2.05) is 53.2 Å². The standard InChI is InChI=1S/C25H34N4S/c1-2-3-4-5-6-7-8-9-13-20-24(26-25(30)21-16-11-10-12-17-21)29-23-19-15-14-18-22(23)27-28-29/h10-12,14-19,24H,2-9,13,20H2,1H3,(H,26,30). The normalized spacial score (nSPS) is 12.2. The van der Waals surface area contributed by atoms with Crippen LogP contribution in [0.3, 0.4) is 0 Å². The van der Waals surface area contributed by atoms with Crippen LogP contribution in [0.4, 0.5) is 0 Å². The second-order valence-electron chi connectivity index (χ2n) is 8.00. The summed E-state index contributed by atoms with van der Waals surface area (Å²) < 4.78 is 2.00. The largest absolute Gasteiger partial charge is 0.354 e. The molecule has 0 spiro atoms. The van der Waals surface area contributed by atoms with Crippen LogP contribution in [0.1, 0.15) is 82.9 Å². The van der Waals surface area contributed by atoms with Crippen molar-refractivity contribution in [3.63, 3.8) is 0 Å². The summed E-state index contributed by atoms with van der Waals surface area (Å²) in [6.07, 6.45) is 12.9. The smallest absolute Gasteiger partial charge is 0.123 e. The lowest BCUT2D eigenvalue weighted by atomic mass is 10.1. The van der Waals surface area contributed by atoms with Crippen molar-refractivity contribution in [3.05, 3.63) is 60.2 Å². The first-order chi connectivity index (χ1) is 14.8. The molecule has 1 heterocycles. The predicted molar refractivity (Wildman–Crippen MR) is 130 cm³/mol.